The Hall–Kier alpha value is -1.15. The highest BCUT2D eigenvalue weighted by Gasteiger charge is 2.13. The molecule has 0 unspecified atom stereocenters. The zero-order valence-electron chi connectivity index (χ0n) is 8.12. The van der Waals surface area contributed by atoms with E-state index >= 15 is 0 Å². The highest BCUT2D eigenvalue weighted by atomic mass is 16.3. The van der Waals surface area contributed by atoms with Gasteiger partial charge in [-0.05, 0) is 36.5 Å². The Kier molecular flexibility index (Phi) is 2.64. The second-order valence-corrected chi connectivity index (χ2v) is 3.73. The molecule has 0 atom stereocenters. The van der Waals surface area contributed by atoms with E-state index in [0.717, 1.165) is 18.4 Å². The lowest BCUT2D eigenvalue weighted by molar-refractivity contribution is 0.0956. The van der Waals surface area contributed by atoms with Crippen molar-refractivity contribution in [3.8, 4) is 0 Å². The standard InChI is InChI=1S/C12H14O2/c13-7-6-12(14)11-5-4-9-2-1-3-10(9)8-11/h4-5,8,13H,1-3,6-7H2. The van der Waals surface area contributed by atoms with E-state index in [1.54, 1.807) is 0 Å². The quantitative estimate of drug-likeness (QED) is 0.737. The summed E-state index contributed by atoms with van der Waals surface area (Å²) in [4.78, 5) is 11.5. The van der Waals surface area contributed by atoms with E-state index in [9.17, 15) is 4.79 Å². The van der Waals surface area contributed by atoms with Gasteiger partial charge < -0.3 is 5.11 Å². The van der Waals surface area contributed by atoms with Crippen LogP contribution in [0.4, 0.5) is 0 Å². The minimum atomic E-state index is -0.0596. The highest BCUT2D eigenvalue weighted by Crippen LogP contribution is 2.23. The number of rotatable bonds is 3. The molecule has 0 radical (unpaired) electrons. The van der Waals surface area contributed by atoms with Crippen molar-refractivity contribution in [2.45, 2.75) is 25.7 Å². The first kappa shape index (κ1) is 9.41. The van der Waals surface area contributed by atoms with Gasteiger partial charge in [-0.25, -0.2) is 0 Å². The third kappa shape index (κ3) is 1.70. The SMILES string of the molecule is O=C(CCO)c1ccc2c(c1)CCC2. The zero-order valence-corrected chi connectivity index (χ0v) is 8.12. The lowest BCUT2D eigenvalue weighted by atomic mass is 10.0. The lowest BCUT2D eigenvalue weighted by Gasteiger charge is -2.02. The first-order valence-corrected chi connectivity index (χ1v) is 5.07. The molecule has 1 aliphatic carbocycles. The van der Waals surface area contributed by atoms with E-state index in [4.69, 9.17) is 5.11 Å². The van der Waals surface area contributed by atoms with Crippen LogP contribution in [0.15, 0.2) is 18.2 Å². The Morgan fingerprint density at radius 2 is 2.07 bits per heavy atom. The largest absolute Gasteiger partial charge is 0.396 e. The Balaban J connectivity index is 2.24. The Bertz CT molecular complexity index is 355. The maximum atomic E-state index is 11.5. The van der Waals surface area contributed by atoms with Gasteiger partial charge in [0.25, 0.3) is 0 Å². The number of carbonyl (C=O) groups excluding carboxylic acids is 1. The lowest BCUT2D eigenvalue weighted by Crippen LogP contribution is -2.02. The predicted octanol–water partition coefficient (Wildman–Crippen LogP) is 1.74. The van der Waals surface area contributed by atoms with Gasteiger partial charge in [-0.15, -0.1) is 0 Å². The zero-order chi connectivity index (χ0) is 9.97. The Morgan fingerprint density at radius 1 is 1.29 bits per heavy atom. The van der Waals surface area contributed by atoms with Crippen LogP contribution in [0.5, 0.6) is 0 Å². The first-order chi connectivity index (χ1) is 6.81. The van der Waals surface area contributed by atoms with Crippen molar-refractivity contribution < 1.29 is 9.90 Å². The second-order valence-electron chi connectivity index (χ2n) is 3.73. The third-order valence-corrected chi connectivity index (χ3v) is 2.76. The van der Waals surface area contributed by atoms with Gasteiger partial charge in [-0.3, -0.25) is 4.79 Å². The van der Waals surface area contributed by atoms with Gasteiger partial charge in [0.15, 0.2) is 5.78 Å². The number of aliphatic hydroxyl groups excluding tert-OH is 1. The van der Waals surface area contributed by atoms with Crippen molar-refractivity contribution in [1.82, 2.24) is 0 Å². The molecule has 1 aliphatic rings. The van der Waals surface area contributed by atoms with Crippen LogP contribution in [0.2, 0.25) is 0 Å². The van der Waals surface area contributed by atoms with Crippen LogP contribution >= 0.6 is 0 Å². The van der Waals surface area contributed by atoms with E-state index in [1.165, 1.54) is 17.5 Å². The van der Waals surface area contributed by atoms with Gasteiger partial charge in [-0.1, -0.05) is 12.1 Å². The molecule has 0 saturated carbocycles. The van der Waals surface area contributed by atoms with Crippen LogP contribution in [-0.4, -0.2) is 17.5 Å². The van der Waals surface area contributed by atoms with Crippen LogP contribution < -0.4 is 0 Å². The maximum absolute atomic E-state index is 11.5. The van der Waals surface area contributed by atoms with E-state index in [0.29, 0.717) is 0 Å². The average molecular weight is 190 g/mol. The number of aryl methyl sites for hydroxylation is 2. The second kappa shape index (κ2) is 3.93. The van der Waals surface area contributed by atoms with Crippen LogP contribution in [0, 0.1) is 0 Å². The number of hydrogen-bond acceptors (Lipinski definition) is 2. The number of aliphatic hydroxyl groups is 1. The molecule has 0 heterocycles. The van der Waals surface area contributed by atoms with Gasteiger partial charge in [-0.2, -0.15) is 0 Å². The van der Waals surface area contributed by atoms with Crippen molar-refractivity contribution in [3.63, 3.8) is 0 Å². The molecule has 0 bridgehead atoms. The molecular weight excluding hydrogens is 176 g/mol. The molecule has 1 N–H and O–H groups in total. The van der Waals surface area contributed by atoms with E-state index in [1.807, 2.05) is 18.2 Å². The fourth-order valence-electron chi connectivity index (χ4n) is 1.99. The number of Topliss-reactive ketones (excluding diaryl/α,β-unsaturated/α-hetero) is 1. The van der Waals surface area contributed by atoms with Crippen LogP contribution in [0.3, 0.4) is 0 Å². The first-order valence-electron chi connectivity index (χ1n) is 5.07. The molecule has 14 heavy (non-hydrogen) atoms. The summed E-state index contributed by atoms with van der Waals surface area (Å²) in [6, 6.07) is 5.91. The molecule has 0 fully saturated rings. The van der Waals surface area contributed by atoms with Crippen LogP contribution in [0.25, 0.3) is 0 Å². The summed E-state index contributed by atoms with van der Waals surface area (Å²) < 4.78 is 0. The van der Waals surface area contributed by atoms with E-state index in [2.05, 4.69) is 0 Å². The minimum Gasteiger partial charge on any atom is -0.396 e. The predicted molar refractivity (Wildman–Crippen MR) is 54.5 cm³/mol. The molecule has 2 rings (SSSR count). The molecule has 2 heteroatoms. The molecule has 74 valence electrons. The van der Waals surface area contributed by atoms with Crippen LogP contribution in [-0.2, 0) is 12.8 Å². The molecular formula is C12H14O2. The summed E-state index contributed by atoms with van der Waals surface area (Å²) in [6.45, 7) is -0.0596. The monoisotopic (exact) mass is 190 g/mol. The number of carbonyl (C=O) groups is 1. The summed E-state index contributed by atoms with van der Waals surface area (Å²) in [6.07, 6.45) is 3.67. The summed E-state index contributed by atoms with van der Waals surface area (Å²) in [7, 11) is 0. The average Bonchev–Trinajstić information content (AvgIpc) is 2.64. The molecule has 2 nitrogen and oxygen atoms in total. The van der Waals surface area contributed by atoms with Gasteiger partial charge in [0, 0.05) is 12.0 Å². The molecule has 0 spiro atoms. The fourth-order valence-corrected chi connectivity index (χ4v) is 1.99. The van der Waals surface area contributed by atoms with Gasteiger partial charge >= 0.3 is 0 Å². The van der Waals surface area contributed by atoms with Gasteiger partial charge in [0.2, 0.25) is 0 Å². The maximum Gasteiger partial charge on any atom is 0.165 e. The normalized spacial score (nSPS) is 14.1. The smallest absolute Gasteiger partial charge is 0.165 e. The number of fused-ring (bicyclic) bond motifs is 1. The number of benzene rings is 1. The van der Waals surface area contributed by atoms with E-state index < -0.39 is 0 Å². The van der Waals surface area contributed by atoms with Gasteiger partial charge in [0.1, 0.15) is 0 Å². The molecule has 0 amide bonds. The highest BCUT2D eigenvalue weighted by molar-refractivity contribution is 5.96. The summed E-state index contributed by atoms with van der Waals surface area (Å²) in [5.41, 5.74) is 3.44. The molecule has 1 aromatic carbocycles. The molecule has 1 aromatic rings. The molecule has 0 saturated heterocycles. The van der Waals surface area contributed by atoms with Crippen molar-refractivity contribution in [1.29, 1.82) is 0 Å². The number of hydrogen-bond donors (Lipinski definition) is 1. The third-order valence-electron chi connectivity index (χ3n) is 2.76. The number of ketones is 1. The van der Waals surface area contributed by atoms with Crippen molar-refractivity contribution in [2.75, 3.05) is 6.61 Å². The summed E-state index contributed by atoms with van der Waals surface area (Å²) >= 11 is 0. The minimum absolute atomic E-state index is 0.0437. The summed E-state index contributed by atoms with van der Waals surface area (Å²) in [5, 5.41) is 8.67. The molecule has 0 aromatic heterocycles. The van der Waals surface area contributed by atoms with Gasteiger partial charge in [0.05, 0.1) is 6.61 Å². The summed E-state index contributed by atoms with van der Waals surface area (Å²) in [5.74, 6) is 0.0437. The molecule has 0 aliphatic heterocycles. The Morgan fingerprint density at radius 3 is 2.86 bits per heavy atom. The Labute approximate surface area is 83.6 Å². The van der Waals surface area contributed by atoms with Crippen molar-refractivity contribution in [2.24, 2.45) is 0 Å². The fraction of sp³-hybridized carbons (Fsp3) is 0.417. The van der Waals surface area contributed by atoms with Crippen molar-refractivity contribution in [3.05, 3.63) is 34.9 Å². The van der Waals surface area contributed by atoms with E-state index in [-0.39, 0.29) is 18.8 Å². The van der Waals surface area contributed by atoms with Crippen molar-refractivity contribution >= 4 is 5.78 Å². The van der Waals surface area contributed by atoms with Crippen LogP contribution in [0.1, 0.15) is 34.3 Å². The topological polar surface area (TPSA) is 37.3 Å².